The summed E-state index contributed by atoms with van der Waals surface area (Å²) >= 11 is 12.4. The van der Waals surface area contributed by atoms with Gasteiger partial charge >= 0.3 is 0 Å². The normalized spacial score (nSPS) is 12.0. The quantitative estimate of drug-likeness (QED) is 0.328. The molecule has 2 N–H and O–H groups in total. The van der Waals surface area contributed by atoms with Gasteiger partial charge in [0.2, 0.25) is 0 Å². The van der Waals surface area contributed by atoms with Crippen LogP contribution in [0, 0.1) is 0 Å². The summed E-state index contributed by atoms with van der Waals surface area (Å²) in [6.45, 7) is 1.59. The fourth-order valence-electron chi connectivity index (χ4n) is 3.66. The average molecular weight is 367 g/mol. The van der Waals surface area contributed by atoms with E-state index in [9.17, 15) is 4.79 Å². The molecule has 25 heavy (non-hydrogen) atoms. The maximum absolute atomic E-state index is 12.4. The number of hydrogen-bond donors (Lipinski definition) is 2. The van der Waals surface area contributed by atoms with E-state index in [1.807, 2.05) is 42.5 Å². The number of halogens is 2. The van der Waals surface area contributed by atoms with E-state index in [2.05, 4.69) is 9.97 Å². The fraction of sp³-hybridized carbons (Fsp3) is 0.0500. The van der Waals surface area contributed by atoms with Gasteiger partial charge in [-0.05, 0) is 49.4 Å². The molecule has 0 fully saturated rings. The predicted molar refractivity (Wildman–Crippen MR) is 105 cm³/mol. The maximum Gasteiger partial charge on any atom is 0.160 e. The van der Waals surface area contributed by atoms with Crippen molar-refractivity contribution in [1.82, 2.24) is 9.97 Å². The Morgan fingerprint density at radius 3 is 2.08 bits per heavy atom. The molecule has 5 heteroatoms. The van der Waals surface area contributed by atoms with Crippen molar-refractivity contribution in [3.05, 3.63) is 58.1 Å². The molecule has 5 aromatic rings. The number of aromatic amines is 2. The SMILES string of the molecule is CC(=O)c1cc2c3cc(Cl)ccc3[nH]c2c2[nH]c3ccc(Cl)cc3c12. The van der Waals surface area contributed by atoms with Gasteiger partial charge in [0.05, 0.1) is 11.0 Å². The molecule has 0 radical (unpaired) electrons. The van der Waals surface area contributed by atoms with E-state index >= 15 is 0 Å². The number of ketones is 1. The van der Waals surface area contributed by atoms with Crippen LogP contribution in [0.25, 0.3) is 43.6 Å². The van der Waals surface area contributed by atoms with Crippen LogP contribution in [0.15, 0.2) is 42.5 Å². The van der Waals surface area contributed by atoms with Crippen molar-refractivity contribution < 1.29 is 4.79 Å². The molecule has 3 nitrogen and oxygen atoms in total. The molecule has 0 saturated heterocycles. The highest BCUT2D eigenvalue weighted by Gasteiger charge is 2.18. The van der Waals surface area contributed by atoms with Crippen LogP contribution in [-0.4, -0.2) is 15.8 Å². The second-order valence-electron chi connectivity index (χ2n) is 6.28. The maximum atomic E-state index is 12.4. The Kier molecular flexibility index (Phi) is 2.97. The number of aromatic nitrogens is 2. The number of carbonyl (C=O) groups is 1. The van der Waals surface area contributed by atoms with Gasteiger partial charge in [-0.2, -0.15) is 0 Å². The van der Waals surface area contributed by atoms with Crippen LogP contribution in [0.1, 0.15) is 17.3 Å². The van der Waals surface area contributed by atoms with Gasteiger partial charge in [0.25, 0.3) is 0 Å². The largest absolute Gasteiger partial charge is 0.353 e. The van der Waals surface area contributed by atoms with E-state index in [0.29, 0.717) is 15.6 Å². The van der Waals surface area contributed by atoms with Gasteiger partial charge in [0, 0.05) is 48.2 Å². The minimum absolute atomic E-state index is 0.0177. The van der Waals surface area contributed by atoms with Crippen molar-refractivity contribution in [1.29, 1.82) is 0 Å². The van der Waals surface area contributed by atoms with Crippen LogP contribution >= 0.6 is 23.2 Å². The Balaban J connectivity index is 2.10. The lowest BCUT2D eigenvalue weighted by atomic mass is 10.00. The monoisotopic (exact) mass is 366 g/mol. The fourth-order valence-corrected chi connectivity index (χ4v) is 4.00. The van der Waals surface area contributed by atoms with Crippen molar-refractivity contribution >= 4 is 72.6 Å². The van der Waals surface area contributed by atoms with Crippen molar-refractivity contribution in [2.45, 2.75) is 6.92 Å². The molecule has 0 saturated carbocycles. The van der Waals surface area contributed by atoms with Crippen molar-refractivity contribution in [2.24, 2.45) is 0 Å². The van der Waals surface area contributed by atoms with Crippen LogP contribution in [0.2, 0.25) is 10.0 Å². The van der Waals surface area contributed by atoms with Crippen LogP contribution in [-0.2, 0) is 0 Å². The first-order valence-electron chi connectivity index (χ1n) is 7.89. The summed E-state index contributed by atoms with van der Waals surface area (Å²) in [5, 5.41) is 5.14. The zero-order valence-electron chi connectivity index (χ0n) is 13.2. The van der Waals surface area contributed by atoms with Crippen LogP contribution < -0.4 is 0 Å². The summed E-state index contributed by atoms with van der Waals surface area (Å²) in [7, 11) is 0. The Morgan fingerprint density at radius 2 is 1.40 bits per heavy atom. The molecule has 2 aromatic heterocycles. The average Bonchev–Trinajstić information content (AvgIpc) is 3.12. The predicted octanol–water partition coefficient (Wildman–Crippen LogP) is 6.47. The van der Waals surface area contributed by atoms with E-state index in [1.165, 1.54) is 0 Å². The minimum atomic E-state index is 0.0177. The zero-order chi connectivity index (χ0) is 17.3. The summed E-state index contributed by atoms with van der Waals surface area (Å²) in [6.07, 6.45) is 0. The lowest BCUT2D eigenvalue weighted by Gasteiger charge is -2.02. The van der Waals surface area contributed by atoms with Gasteiger partial charge in [-0.15, -0.1) is 0 Å². The number of benzene rings is 3. The minimum Gasteiger partial charge on any atom is -0.353 e. The molecular weight excluding hydrogens is 355 g/mol. The first-order valence-corrected chi connectivity index (χ1v) is 8.64. The molecule has 5 rings (SSSR count). The molecule has 0 bridgehead atoms. The van der Waals surface area contributed by atoms with Gasteiger partial charge < -0.3 is 9.97 Å². The van der Waals surface area contributed by atoms with E-state index in [-0.39, 0.29) is 5.78 Å². The van der Waals surface area contributed by atoms with E-state index < -0.39 is 0 Å². The number of H-pyrrole nitrogens is 2. The highest BCUT2D eigenvalue weighted by molar-refractivity contribution is 6.34. The van der Waals surface area contributed by atoms with E-state index in [0.717, 1.165) is 43.6 Å². The lowest BCUT2D eigenvalue weighted by Crippen LogP contribution is -1.93. The summed E-state index contributed by atoms with van der Waals surface area (Å²) in [4.78, 5) is 19.3. The summed E-state index contributed by atoms with van der Waals surface area (Å²) in [6, 6.07) is 13.4. The van der Waals surface area contributed by atoms with E-state index in [1.54, 1.807) is 6.92 Å². The highest BCUT2D eigenvalue weighted by atomic mass is 35.5. The molecule has 2 heterocycles. The molecular formula is C20H12Cl2N2O. The molecule has 0 amide bonds. The summed E-state index contributed by atoms with van der Waals surface area (Å²) in [5.74, 6) is 0.0177. The molecule has 0 spiro atoms. The molecule has 0 atom stereocenters. The second-order valence-corrected chi connectivity index (χ2v) is 7.16. The highest BCUT2D eigenvalue weighted by Crippen LogP contribution is 2.38. The number of rotatable bonds is 1. The molecule has 3 aromatic carbocycles. The number of Topliss-reactive ketones (excluding diaryl/α,β-unsaturated/α-hetero) is 1. The third-order valence-corrected chi connectivity index (χ3v) is 5.22. The Labute approximate surface area is 152 Å². The number of hydrogen-bond acceptors (Lipinski definition) is 1. The van der Waals surface area contributed by atoms with Gasteiger partial charge in [-0.1, -0.05) is 23.2 Å². The van der Waals surface area contributed by atoms with Gasteiger partial charge in [0.1, 0.15) is 0 Å². The Morgan fingerprint density at radius 1 is 0.800 bits per heavy atom. The van der Waals surface area contributed by atoms with Gasteiger partial charge in [0.15, 0.2) is 5.78 Å². The Hall–Kier alpha value is -2.49. The smallest absolute Gasteiger partial charge is 0.160 e. The molecule has 122 valence electrons. The van der Waals surface area contributed by atoms with E-state index in [4.69, 9.17) is 23.2 Å². The van der Waals surface area contributed by atoms with Crippen LogP contribution in [0.4, 0.5) is 0 Å². The zero-order valence-corrected chi connectivity index (χ0v) is 14.7. The lowest BCUT2D eigenvalue weighted by molar-refractivity contribution is 0.101. The molecule has 0 aliphatic rings. The standard InChI is InChI=1S/C20H12Cl2N2O/c1-9(25)12-8-14-13-6-10(21)2-4-16(13)23-19(14)20-18(12)15-7-11(22)3-5-17(15)24-20/h2-8,23-24H,1H3. The molecule has 0 aliphatic heterocycles. The van der Waals surface area contributed by atoms with Crippen LogP contribution in [0.5, 0.6) is 0 Å². The summed E-state index contributed by atoms with van der Waals surface area (Å²) < 4.78 is 0. The summed E-state index contributed by atoms with van der Waals surface area (Å²) in [5.41, 5.74) is 4.48. The Bertz CT molecular complexity index is 1340. The van der Waals surface area contributed by atoms with Crippen molar-refractivity contribution in [2.75, 3.05) is 0 Å². The van der Waals surface area contributed by atoms with Crippen molar-refractivity contribution in [3.63, 3.8) is 0 Å². The number of nitrogens with one attached hydrogen (secondary N) is 2. The van der Waals surface area contributed by atoms with Crippen molar-refractivity contribution in [3.8, 4) is 0 Å². The van der Waals surface area contributed by atoms with Gasteiger partial charge in [-0.25, -0.2) is 0 Å². The molecule has 0 aliphatic carbocycles. The molecule has 0 unspecified atom stereocenters. The third-order valence-electron chi connectivity index (χ3n) is 4.75. The second kappa shape index (κ2) is 5.01. The number of carbonyl (C=O) groups excluding carboxylic acids is 1. The van der Waals surface area contributed by atoms with Crippen LogP contribution in [0.3, 0.4) is 0 Å². The first-order chi connectivity index (χ1) is 12.0. The third kappa shape index (κ3) is 2.03. The first kappa shape index (κ1) is 14.8. The number of fused-ring (bicyclic) bond motifs is 7. The van der Waals surface area contributed by atoms with Gasteiger partial charge in [-0.3, -0.25) is 4.79 Å². The topological polar surface area (TPSA) is 48.6 Å².